The van der Waals surface area contributed by atoms with Crippen LogP contribution in [-0.4, -0.2) is 16.5 Å². The van der Waals surface area contributed by atoms with Gasteiger partial charge in [0.05, 0.1) is 0 Å². The fourth-order valence-corrected chi connectivity index (χ4v) is 2.23. The molecular weight excluding hydrogens is 226 g/mol. The van der Waals surface area contributed by atoms with Crippen LogP contribution < -0.4 is 16.6 Å². The molecule has 18 heavy (non-hydrogen) atoms. The van der Waals surface area contributed by atoms with Crippen molar-refractivity contribution in [2.75, 3.05) is 17.3 Å². The van der Waals surface area contributed by atoms with Gasteiger partial charge in [-0.25, -0.2) is 15.8 Å². The molecule has 0 amide bonds. The van der Waals surface area contributed by atoms with Crippen molar-refractivity contribution in [2.24, 2.45) is 23.6 Å². The summed E-state index contributed by atoms with van der Waals surface area (Å²) in [4.78, 5) is 8.33. The quantitative estimate of drug-likeness (QED) is 0.534. The molecule has 0 saturated carbocycles. The number of nitrogens with two attached hydrogens (primary N) is 1. The molecule has 1 rings (SSSR count). The van der Waals surface area contributed by atoms with E-state index in [4.69, 9.17) is 5.84 Å². The molecule has 0 atom stereocenters. The lowest BCUT2D eigenvalue weighted by atomic mass is 9.85. The van der Waals surface area contributed by atoms with Crippen molar-refractivity contribution >= 4 is 11.6 Å². The molecule has 0 aromatic carbocycles. The third-order valence-corrected chi connectivity index (χ3v) is 3.44. The van der Waals surface area contributed by atoms with Gasteiger partial charge in [0.1, 0.15) is 18.0 Å². The summed E-state index contributed by atoms with van der Waals surface area (Å²) >= 11 is 0. The fourth-order valence-electron chi connectivity index (χ4n) is 2.23. The van der Waals surface area contributed by atoms with Gasteiger partial charge in [-0.2, -0.15) is 0 Å². The van der Waals surface area contributed by atoms with Gasteiger partial charge in [-0.15, -0.1) is 0 Å². The summed E-state index contributed by atoms with van der Waals surface area (Å²) in [5.41, 5.74) is 3.53. The molecule has 102 valence electrons. The first-order chi connectivity index (χ1) is 8.47. The summed E-state index contributed by atoms with van der Waals surface area (Å²) in [6, 6.07) is 0. The molecule has 1 aromatic rings. The third kappa shape index (κ3) is 3.57. The number of anilines is 2. The number of aromatic nitrogens is 2. The molecule has 0 aliphatic carbocycles. The predicted molar refractivity (Wildman–Crippen MR) is 76.2 cm³/mol. The number of rotatable bonds is 6. The third-order valence-electron chi connectivity index (χ3n) is 3.44. The summed E-state index contributed by atoms with van der Waals surface area (Å²) in [6.45, 7) is 11.9. The van der Waals surface area contributed by atoms with E-state index >= 15 is 0 Å². The van der Waals surface area contributed by atoms with Crippen LogP contribution in [0.15, 0.2) is 6.33 Å². The van der Waals surface area contributed by atoms with Crippen LogP contribution in [0, 0.1) is 24.7 Å². The van der Waals surface area contributed by atoms with Crippen molar-refractivity contribution in [3.8, 4) is 0 Å². The van der Waals surface area contributed by atoms with Crippen LogP contribution in [0.4, 0.5) is 11.6 Å². The second-order valence-electron chi connectivity index (χ2n) is 5.37. The minimum Gasteiger partial charge on any atom is -0.369 e. The molecule has 0 radical (unpaired) electrons. The first kappa shape index (κ1) is 14.7. The van der Waals surface area contributed by atoms with Gasteiger partial charge in [0.15, 0.2) is 0 Å². The van der Waals surface area contributed by atoms with Crippen LogP contribution in [0.1, 0.15) is 33.3 Å². The molecule has 1 heterocycles. The van der Waals surface area contributed by atoms with Gasteiger partial charge in [0.2, 0.25) is 0 Å². The average molecular weight is 251 g/mol. The smallest absolute Gasteiger partial charge is 0.148 e. The SMILES string of the molecule is Cc1c(NN)ncnc1NCC(C(C)C)C(C)C. The summed E-state index contributed by atoms with van der Waals surface area (Å²) in [7, 11) is 0. The van der Waals surface area contributed by atoms with Crippen LogP contribution in [0.5, 0.6) is 0 Å². The topological polar surface area (TPSA) is 75.9 Å². The van der Waals surface area contributed by atoms with Gasteiger partial charge in [0.25, 0.3) is 0 Å². The Balaban J connectivity index is 2.73. The highest BCUT2D eigenvalue weighted by Crippen LogP contribution is 2.23. The first-order valence-electron chi connectivity index (χ1n) is 6.49. The number of hydrogen-bond acceptors (Lipinski definition) is 5. The zero-order valence-corrected chi connectivity index (χ0v) is 12.0. The lowest BCUT2D eigenvalue weighted by Gasteiger charge is -2.25. The van der Waals surface area contributed by atoms with E-state index in [1.165, 1.54) is 6.33 Å². The minimum atomic E-state index is 0.619. The summed E-state index contributed by atoms with van der Waals surface area (Å²) in [5.74, 6) is 8.83. The first-order valence-corrected chi connectivity index (χ1v) is 6.49. The number of nitrogen functional groups attached to an aromatic ring is 1. The Morgan fingerprint density at radius 2 is 1.67 bits per heavy atom. The van der Waals surface area contributed by atoms with Gasteiger partial charge < -0.3 is 10.7 Å². The van der Waals surface area contributed by atoms with Gasteiger partial charge in [-0.3, -0.25) is 0 Å². The van der Waals surface area contributed by atoms with Crippen molar-refractivity contribution in [2.45, 2.75) is 34.6 Å². The van der Waals surface area contributed by atoms with Crippen molar-refractivity contribution in [1.29, 1.82) is 0 Å². The summed E-state index contributed by atoms with van der Waals surface area (Å²) in [5, 5.41) is 3.40. The number of nitrogens with zero attached hydrogens (tertiary/aromatic N) is 2. The fraction of sp³-hybridized carbons (Fsp3) is 0.692. The Morgan fingerprint density at radius 1 is 1.11 bits per heavy atom. The molecule has 0 saturated heterocycles. The molecule has 0 spiro atoms. The maximum atomic E-state index is 5.40. The molecule has 1 aromatic heterocycles. The monoisotopic (exact) mass is 251 g/mol. The van der Waals surface area contributed by atoms with Crippen molar-refractivity contribution in [3.05, 3.63) is 11.9 Å². The van der Waals surface area contributed by atoms with Gasteiger partial charge in [0, 0.05) is 12.1 Å². The lowest BCUT2D eigenvalue weighted by Crippen LogP contribution is -2.25. The van der Waals surface area contributed by atoms with Crippen molar-refractivity contribution in [1.82, 2.24) is 9.97 Å². The molecule has 5 nitrogen and oxygen atoms in total. The van der Waals surface area contributed by atoms with E-state index in [9.17, 15) is 0 Å². The minimum absolute atomic E-state index is 0.619. The molecule has 0 bridgehead atoms. The van der Waals surface area contributed by atoms with E-state index in [1.54, 1.807) is 0 Å². The molecular formula is C13H25N5. The standard InChI is InChI=1S/C13H25N5/c1-8(2)11(9(3)4)6-15-12-10(5)13(18-14)17-7-16-12/h7-9,11H,6,14H2,1-5H3,(H2,15,16,17,18). The summed E-state index contributed by atoms with van der Waals surface area (Å²) in [6.07, 6.45) is 1.52. The Labute approximate surface area is 110 Å². The highest BCUT2D eigenvalue weighted by atomic mass is 15.3. The normalized spacial score (nSPS) is 11.4. The van der Waals surface area contributed by atoms with E-state index in [-0.39, 0.29) is 0 Å². The van der Waals surface area contributed by atoms with E-state index in [2.05, 4.69) is 48.4 Å². The molecule has 0 aliphatic heterocycles. The number of hydrazine groups is 1. The van der Waals surface area contributed by atoms with E-state index < -0.39 is 0 Å². The Morgan fingerprint density at radius 3 is 2.17 bits per heavy atom. The molecule has 5 heteroatoms. The Bertz CT molecular complexity index is 368. The number of nitrogens with one attached hydrogen (secondary N) is 2. The molecule has 0 unspecified atom stereocenters. The van der Waals surface area contributed by atoms with Crippen LogP contribution in [0.3, 0.4) is 0 Å². The van der Waals surface area contributed by atoms with Gasteiger partial charge in [-0.1, -0.05) is 27.7 Å². The van der Waals surface area contributed by atoms with Gasteiger partial charge in [-0.05, 0) is 24.7 Å². The molecule has 4 N–H and O–H groups in total. The highest BCUT2D eigenvalue weighted by Gasteiger charge is 2.18. The van der Waals surface area contributed by atoms with Gasteiger partial charge >= 0.3 is 0 Å². The Hall–Kier alpha value is -1.36. The second-order valence-corrected chi connectivity index (χ2v) is 5.37. The highest BCUT2D eigenvalue weighted by molar-refractivity contribution is 5.55. The van der Waals surface area contributed by atoms with E-state index in [0.29, 0.717) is 23.6 Å². The zero-order chi connectivity index (χ0) is 13.7. The van der Waals surface area contributed by atoms with Crippen LogP contribution >= 0.6 is 0 Å². The maximum absolute atomic E-state index is 5.40. The predicted octanol–water partition coefficient (Wildman–Crippen LogP) is 2.41. The van der Waals surface area contributed by atoms with E-state index in [1.807, 2.05) is 6.92 Å². The number of hydrogen-bond donors (Lipinski definition) is 3. The molecule has 0 aliphatic rings. The maximum Gasteiger partial charge on any atom is 0.148 e. The zero-order valence-electron chi connectivity index (χ0n) is 12.0. The van der Waals surface area contributed by atoms with Crippen LogP contribution in [0.2, 0.25) is 0 Å². The van der Waals surface area contributed by atoms with Crippen molar-refractivity contribution in [3.63, 3.8) is 0 Å². The second kappa shape index (κ2) is 6.54. The lowest BCUT2D eigenvalue weighted by molar-refractivity contribution is 0.304. The van der Waals surface area contributed by atoms with Crippen LogP contribution in [-0.2, 0) is 0 Å². The van der Waals surface area contributed by atoms with Crippen LogP contribution in [0.25, 0.3) is 0 Å². The average Bonchev–Trinajstić information content (AvgIpc) is 2.30. The largest absolute Gasteiger partial charge is 0.369 e. The summed E-state index contributed by atoms with van der Waals surface area (Å²) < 4.78 is 0. The van der Waals surface area contributed by atoms with Crippen molar-refractivity contribution < 1.29 is 0 Å². The Kier molecular flexibility index (Phi) is 5.34. The molecule has 0 fully saturated rings. The van der Waals surface area contributed by atoms with E-state index in [0.717, 1.165) is 17.9 Å².